The predicted molar refractivity (Wildman–Crippen MR) is 333 cm³/mol. The number of phenolic OH excluding ortho intramolecular Hbond substituents is 2. The molecule has 0 saturated heterocycles. The van der Waals surface area contributed by atoms with Gasteiger partial charge in [-0.2, -0.15) is 0 Å². The quantitative estimate of drug-likeness (QED) is 0.0609. The van der Waals surface area contributed by atoms with Crippen LogP contribution in [0.25, 0.3) is 65.3 Å². The monoisotopic (exact) mass is 1120 g/mol. The topological polar surface area (TPSA) is 161 Å². The van der Waals surface area contributed by atoms with Crippen LogP contribution in [0.4, 0.5) is 0 Å². The SMILES string of the molecule is O=C(Oc1ccc(-c2ccc(O)c(C(=O)c3cccc4ccccc34)c2)cc1C(=O)c1cccc2ccccc12)c1ccc(C(=O)Oc2ccc(-c3ccc(O)c(C(=O)c4cccc5ccccc45)c3)cc2C(=O)c2cccc3ccccc23)cc1. The zero-order valence-corrected chi connectivity index (χ0v) is 45.6. The summed E-state index contributed by atoms with van der Waals surface area (Å²) in [6.45, 7) is 0. The van der Waals surface area contributed by atoms with E-state index in [9.17, 15) is 39.0 Å². The predicted octanol–water partition coefficient (Wildman–Crippen LogP) is 16.4. The Labute approximate surface area is 492 Å². The van der Waals surface area contributed by atoms with E-state index < -0.39 is 35.1 Å². The van der Waals surface area contributed by atoms with E-state index in [0.717, 1.165) is 32.3 Å². The number of hydrogen-bond acceptors (Lipinski definition) is 10. The summed E-state index contributed by atoms with van der Waals surface area (Å²) in [6, 6.07) is 75.7. The average molecular weight is 1120 g/mol. The number of fused-ring (bicyclic) bond motifs is 4. The molecule has 0 spiro atoms. The molecule has 2 N–H and O–H groups in total. The van der Waals surface area contributed by atoms with Crippen LogP contribution in [-0.4, -0.2) is 45.3 Å². The van der Waals surface area contributed by atoms with Gasteiger partial charge in [-0.25, -0.2) is 9.59 Å². The van der Waals surface area contributed by atoms with Crippen LogP contribution in [0, 0.1) is 0 Å². The highest BCUT2D eigenvalue weighted by Gasteiger charge is 2.26. The number of aromatic hydroxyl groups is 2. The molecule has 0 radical (unpaired) electrons. The lowest BCUT2D eigenvalue weighted by Gasteiger charge is -2.15. The molecule has 13 aromatic carbocycles. The van der Waals surface area contributed by atoms with Crippen molar-refractivity contribution in [1.29, 1.82) is 0 Å². The number of ether oxygens (including phenoxy) is 2. The van der Waals surface area contributed by atoms with Crippen LogP contribution < -0.4 is 9.47 Å². The normalized spacial score (nSPS) is 11.2. The first-order chi connectivity index (χ1) is 41.9. The van der Waals surface area contributed by atoms with E-state index >= 15 is 0 Å². The largest absolute Gasteiger partial charge is 0.507 e. The standard InChI is InChI=1S/C76H46O10/c77-67-37-33-51(41-63(67)71(79)59-25-9-17-45-13-1-5-21-55(45)59)53-35-39-69(65(43-53)73(81)61-27-11-19-47-15-3-7-23-57(47)61)85-75(83)49-29-31-50(32-30-49)76(84)86-70-40-36-54(44-66(70)74(82)62-28-12-20-48-16-4-8-24-58(48)62)52-34-38-68(78)64(42-52)72(80)60-26-10-18-46-14-2-6-22-56(46)60/h1-44,77-78H. The summed E-state index contributed by atoms with van der Waals surface area (Å²) in [5, 5.41) is 28.3. The van der Waals surface area contributed by atoms with Crippen LogP contribution in [0.15, 0.2) is 267 Å². The summed E-state index contributed by atoms with van der Waals surface area (Å²) in [5.41, 5.74) is 3.83. The molecule has 13 rings (SSSR count). The van der Waals surface area contributed by atoms with Gasteiger partial charge in [-0.05, 0) is 138 Å². The Hall–Kier alpha value is -11.9. The third kappa shape index (κ3) is 10.1. The van der Waals surface area contributed by atoms with Gasteiger partial charge in [0, 0.05) is 22.3 Å². The van der Waals surface area contributed by atoms with Gasteiger partial charge >= 0.3 is 11.9 Å². The number of rotatable bonds is 14. The first kappa shape index (κ1) is 53.4. The summed E-state index contributed by atoms with van der Waals surface area (Å²) in [4.78, 5) is 86.3. The summed E-state index contributed by atoms with van der Waals surface area (Å²) in [6.07, 6.45) is 0. The van der Waals surface area contributed by atoms with Crippen LogP contribution in [-0.2, 0) is 0 Å². The number of esters is 2. The van der Waals surface area contributed by atoms with Gasteiger partial charge in [0.05, 0.1) is 33.4 Å². The molecular formula is C76H46O10. The van der Waals surface area contributed by atoms with Crippen LogP contribution >= 0.6 is 0 Å². The van der Waals surface area contributed by atoms with Gasteiger partial charge in [-0.3, -0.25) is 19.2 Å². The fourth-order valence-corrected chi connectivity index (χ4v) is 11.1. The molecule has 410 valence electrons. The molecule has 0 saturated carbocycles. The van der Waals surface area contributed by atoms with Gasteiger partial charge < -0.3 is 19.7 Å². The van der Waals surface area contributed by atoms with Crippen molar-refractivity contribution >= 4 is 78.2 Å². The van der Waals surface area contributed by atoms with E-state index in [1.807, 2.05) is 121 Å². The average Bonchev–Trinajstić information content (AvgIpc) is 2.37. The Morgan fingerprint density at radius 2 is 0.500 bits per heavy atom. The fraction of sp³-hybridized carbons (Fsp3) is 0. The van der Waals surface area contributed by atoms with E-state index in [-0.39, 0.29) is 56.4 Å². The van der Waals surface area contributed by atoms with Crippen molar-refractivity contribution in [2.45, 2.75) is 0 Å². The van der Waals surface area contributed by atoms with Gasteiger partial charge in [-0.15, -0.1) is 0 Å². The van der Waals surface area contributed by atoms with Crippen molar-refractivity contribution in [3.63, 3.8) is 0 Å². The van der Waals surface area contributed by atoms with Crippen molar-refractivity contribution in [3.05, 3.63) is 323 Å². The van der Waals surface area contributed by atoms with Crippen molar-refractivity contribution in [2.24, 2.45) is 0 Å². The fourth-order valence-electron chi connectivity index (χ4n) is 11.1. The zero-order chi connectivity index (χ0) is 59.0. The Bertz CT molecular complexity index is 4650. The van der Waals surface area contributed by atoms with Crippen LogP contribution in [0.5, 0.6) is 23.0 Å². The first-order valence-electron chi connectivity index (χ1n) is 27.5. The van der Waals surface area contributed by atoms with Gasteiger partial charge in [0.25, 0.3) is 0 Å². The molecule has 0 fully saturated rings. The Morgan fingerprint density at radius 1 is 0.244 bits per heavy atom. The second-order valence-electron chi connectivity index (χ2n) is 20.7. The Kier molecular flexibility index (Phi) is 14.0. The van der Waals surface area contributed by atoms with Crippen LogP contribution in [0.1, 0.15) is 84.4 Å². The van der Waals surface area contributed by atoms with Crippen LogP contribution in [0.3, 0.4) is 0 Å². The summed E-state index contributed by atoms with van der Waals surface area (Å²) < 4.78 is 12.1. The molecule has 86 heavy (non-hydrogen) atoms. The van der Waals surface area contributed by atoms with E-state index in [2.05, 4.69) is 0 Å². The molecule has 0 amide bonds. The molecule has 0 aliphatic carbocycles. The molecular weight excluding hydrogens is 1070 g/mol. The van der Waals surface area contributed by atoms with Crippen molar-refractivity contribution < 1.29 is 48.5 Å². The number of carbonyl (C=O) groups is 6. The number of phenols is 2. The van der Waals surface area contributed by atoms with Crippen molar-refractivity contribution in [3.8, 4) is 45.3 Å². The maximum absolute atomic E-state index is 14.8. The Balaban J connectivity index is 0.802. The minimum absolute atomic E-state index is 0.0349. The maximum Gasteiger partial charge on any atom is 0.343 e. The number of carbonyl (C=O) groups excluding carboxylic acids is 6. The smallest absolute Gasteiger partial charge is 0.343 e. The lowest BCUT2D eigenvalue weighted by Crippen LogP contribution is -2.14. The maximum atomic E-state index is 14.8. The summed E-state index contributed by atoms with van der Waals surface area (Å²) >= 11 is 0. The molecule has 0 atom stereocenters. The minimum atomic E-state index is -0.841. The van der Waals surface area contributed by atoms with Gasteiger partial charge in [0.1, 0.15) is 23.0 Å². The van der Waals surface area contributed by atoms with Gasteiger partial charge in [-0.1, -0.05) is 194 Å². The zero-order valence-electron chi connectivity index (χ0n) is 45.6. The molecule has 0 heterocycles. The van der Waals surface area contributed by atoms with Crippen molar-refractivity contribution in [1.82, 2.24) is 0 Å². The van der Waals surface area contributed by atoms with Crippen molar-refractivity contribution in [2.75, 3.05) is 0 Å². The van der Waals surface area contributed by atoms with Crippen LogP contribution in [0.2, 0.25) is 0 Å². The number of ketones is 4. The molecule has 0 aliphatic heterocycles. The minimum Gasteiger partial charge on any atom is -0.507 e. The highest BCUT2D eigenvalue weighted by Crippen LogP contribution is 2.37. The van der Waals surface area contributed by atoms with E-state index in [0.29, 0.717) is 55.3 Å². The lowest BCUT2D eigenvalue weighted by molar-refractivity contribution is 0.0717. The molecule has 0 bridgehead atoms. The molecule has 10 heteroatoms. The molecule has 10 nitrogen and oxygen atoms in total. The third-order valence-corrected chi connectivity index (χ3v) is 15.5. The number of hydrogen-bond donors (Lipinski definition) is 2. The van der Waals surface area contributed by atoms with E-state index in [1.165, 1.54) is 48.5 Å². The van der Waals surface area contributed by atoms with Gasteiger partial charge in [0.15, 0.2) is 23.1 Å². The summed E-state index contributed by atoms with van der Waals surface area (Å²) in [5.74, 6) is -3.90. The highest BCUT2D eigenvalue weighted by molar-refractivity contribution is 6.21. The van der Waals surface area contributed by atoms with E-state index in [4.69, 9.17) is 9.47 Å². The van der Waals surface area contributed by atoms with E-state index in [1.54, 1.807) is 97.1 Å². The molecule has 0 aliphatic rings. The lowest BCUT2D eigenvalue weighted by atomic mass is 9.92. The Morgan fingerprint density at radius 3 is 0.814 bits per heavy atom. The molecule has 0 aromatic heterocycles. The first-order valence-corrected chi connectivity index (χ1v) is 27.5. The molecule has 13 aromatic rings. The van der Waals surface area contributed by atoms with Gasteiger partial charge in [0.2, 0.25) is 0 Å². The second kappa shape index (κ2) is 22.5. The highest BCUT2D eigenvalue weighted by atomic mass is 16.5. The molecule has 0 unspecified atom stereocenters. The second-order valence-corrected chi connectivity index (χ2v) is 20.7. The summed E-state index contributed by atoms with van der Waals surface area (Å²) in [7, 11) is 0. The third-order valence-electron chi connectivity index (χ3n) is 15.5. The number of benzene rings is 13.